The highest BCUT2D eigenvalue weighted by Gasteiger charge is 2.27. The van der Waals surface area contributed by atoms with Gasteiger partial charge >= 0.3 is 0 Å². The zero-order valence-electron chi connectivity index (χ0n) is 10.2. The number of nitrogens with one attached hydrogen (secondary N) is 1. The molecule has 0 saturated carbocycles. The van der Waals surface area contributed by atoms with Crippen LogP contribution in [-0.4, -0.2) is 34.9 Å². The molecule has 0 amide bonds. The summed E-state index contributed by atoms with van der Waals surface area (Å²) >= 11 is 0. The van der Waals surface area contributed by atoms with E-state index < -0.39 is 19.9 Å². The summed E-state index contributed by atoms with van der Waals surface area (Å²) in [5, 5.41) is 8.10. The molecule has 1 aromatic carbocycles. The molecule has 1 aliphatic heterocycles. The number of rotatable bonds is 4. The van der Waals surface area contributed by atoms with Crippen molar-refractivity contribution < 1.29 is 16.8 Å². The van der Waals surface area contributed by atoms with Crippen LogP contribution >= 0.6 is 0 Å². The van der Waals surface area contributed by atoms with E-state index in [1.54, 1.807) is 12.1 Å². The summed E-state index contributed by atoms with van der Waals surface area (Å²) in [6.07, 6.45) is 0.671. The average Bonchev–Trinajstić information content (AvgIpc) is 2.66. The number of benzene rings is 1. The molecule has 1 heterocycles. The summed E-state index contributed by atoms with van der Waals surface area (Å²) in [6.45, 7) is 0.563. The van der Waals surface area contributed by atoms with Crippen LogP contribution < -0.4 is 10.5 Å². The molecule has 1 unspecified atom stereocenters. The SMILES string of the molecule is NS(=O)(=O)c1ccc(NCC2CCS(=O)(=O)C2)cc1. The minimum absolute atomic E-state index is 0.0569. The van der Waals surface area contributed by atoms with Crippen LogP contribution in [0.4, 0.5) is 5.69 Å². The highest BCUT2D eigenvalue weighted by atomic mass is 32.2. The first kappa shape index (κ1) is 14.3. The highest BCUT2D eigenvalue weighted by Crippen LogP contribution is 2.19. The molecular weight excluding hydrogens is 288 g/mol. The third kappa shape index (κ3) is 3.92. The van der Waals surface area contributed by atoms with E-state index in [4.69, 9.17) is 5.14 Å². The topological polar surface area (TPSA) is 106 Å². The molecule has 1 aromatic rings. The monoisotopic (exact) mass is 304 g/mol. The standard InChI is InChI=1S/C11H16N2O4S2/c12-19(16,17)11-3-1-10(2-4-11)13-7-9-5-6-18(14,15)8-9/h1-4,9,13H,5-8H2,(H2,12,16,17). The number of sulfonamides is 1. The number of hydrogen-bond donors (Lipinski definition) is 2. The predicted molar refractivity (Wildman–Crippen MR) is 73.1 cm³/mol. The van der Waals surface area contributed by atoms with Crippen molar-refractivity contribution in [3.8, 4) is 0 Å². The van der Waals surface area contributed by atoms with Crippen molar-refractivity contribution >= 4 is 25.5 Å². The number of hydrogen-bond acceptors (Lipinski definition) is 5. The fourth-order valence-electron chi connectivity index (χ4n) is 2.06. The Balaban J connectivity index is 1.94. The van der Waals surface area contributed by atoms with E-state index in [2.05, 4.69) is 5.32 Å². The average molecular weight is 304 g/mol. The van der Waals surface area contributed by atoms with Gasteiger partial charge in [-0.2, -0.15) is 0 Å². The Morgan fingerprint density at radius 2 is 1.89 bits per heavy atom. The lowest BCUT2D eigenvalue weighted by atomic mass is 10.1. The molecule has 0 bridgehead atoms. The zero-order valence-corrected chi connectivity index (χ0v) is 11.9. The predicted octanol–water partition coefficient (Wildman–Crippen LogP) is 0.181. The van der Waals surface area contributed by atoms with Crippen LogP contribution in [0.25, 0.3) is 0 Å². The van der Waals surface area contributed by atoms with Crippen LogP contribution in [0.5, 0.6) is 0 Å². The molecule has 1 fully saturated rings. The summed E-state index contributed by atoms with van der Waals surface area (Å²) in [5.41, 5.74) is 0.747. The molecule has 0 aromatic heterocycles. The Bertz CT molecular complexity index is 650. The molecule has 1 aliphatic rings. The quantitative estimate of drug-likeness (QED) is 0.825. The summed E-state index contributed by atoms with van der Waals surface area (Å²) < 4.78 is 44.7. The molecule has 106 valence electrons. The van der Waals surface area contributed by atoms with Gasteiger partial charge in [0.2, 0.25) is 10.0 Å². The van der Waals surface area contributed by atoms with Crippen molar-refractivity contribution in [3.05, 3.63) is 24.3 Å². The molecule has 19 heavy (non-hydrogen) atoms. The largest absolute Gasteiger partial charge is 0.385 e. The summed E-state index contributed by atoms with van der Waals surface area (Å²) in [6, 6.07) is 6.07. The molecule has 0 aliphatic carbocycles. The van der Waals surface area contributed by atoms with Crippen molar-refractivity contribution in [2.24, 2.45) is 11.1 Å². The van der Waals surface area contributed by atoms with Crippen molar-refractivity contribution in [1.29, 1.82) is 0 Å². The van der Waals surface area contributed by atoms with Crippen LogP contribution in [-0.2, 0) is 19.9 Å². The first-order valence-corrected chi connectivity index (χ1v) is 9.20. The van der Waals surface area contributed by atoms with Crippen LogP contribution in [0.1, 0.15) is 6.42 Å². The minimum atomic E-state index is -3.67. The molecule has 0 spiro atoms. The zero-order chi connectivity index (χ0) is 14.1. The van der Waals surface area contributed by atoms with Gasteiger partial charge in [0.15, 0.2) is 9.84 Å². The fraction of sp³-hybridized carbons (Fsp3) is 0.455. The van der Waals surface area contributed by atoms with Gasteiger partial charge in [0.05, 0.1) is 16.4 Å². The molecule has 0 radical (unpaired) electrons. The Labute approximate surface area is 113 Å². The van der Waals surface area contributed by atoms with Gasteiger partial charge in [0.25, 0.3) is 0 Å². The minimum Gasteiger partial charge on any atom is -0.385 e. The summed E-state index contributed by atoms with van der Waals surface area (Å²) in [5.74, 6) is 0.585. The number of sulfone groups is 1. The number of anilines is 1. The van der Waals surface area contributed by atoms with Crippen molar-refractivity contribution in [3.63, 3.8) is 0 Å². The molecule has 1 atom stereocenters. The van der Waals surface area contributed by atoms with Gasteiger partial charge in [-0.3, -0.25) is 0 Å². The van der Waals surface area contributed by atoms with Crippen molar-refractivity contribution in [2.45, 2.75) is 11.3 Å². The second-order valence-electron chi connectivity index (χ2n) is 4.72. The van der Waals surface area contributed by atoms with E-state index in [0.717, 1.165) is 5.69 Å². The number of nitrogens with two attached hydrogens (primary N) is 1. The van der Waals surface area contributed by atoms with Gasteiger partial charge in [-0.1, -0.05) is 0 Å². The molecule has 6 nitrogen and oxygen atoms in total. The molecule has 3 N–H and O–H groups in total. The van der Waals surface area contributed by atoms with Crippen molar-refractivity contribution in [1.82, 2.24) is 0 Å². The molecular formula is C11H16N2O4S2. The van der Waals surface area contributed by atoms with Crippen molar-refractivity contribution in [2.75, 3.05) is 23.4 Å². The molecule has 1 saturated heterocycles. The highest BCUT2D eigenvalue weighted by molar-refractivity contribution is 7.91. The Morgan fingerprint density at radius 1 is 1.26 bits per heavy atom. The lowest BCUT2D eigenvalue weighted by Gasteiger charge is -2.11. The third-order valence-electron chi connectivity index (χ3n) is 3.10. The smallest absolute Gasteiger partial charge is 0.238 e. The second-order valence-corrected chi connectivity index (χ2v) is 8.51. The van der Waals surface area contributed by atoms with Gasteiger partial charge < -0.3 is 5.32 Å². The second kappa shape index (κ2) is 5.10. The van der Waals surface area contributed by atoms with Crippen LogP contribution in [0, 0.1) is 5.92 Å². The maximum atomic E-state index is 11.3. The molecule has 2 rings (SSSR count). The van der Waals surface area contributed by atoms with Gasteiger partial charge in [0.1, 0.15) is 0 Å². The Kier molecular flexibility index (Phi) is 3.84. The van der Waals surface area contributed by atoms with E-state index in [0.29, 0.717) is 13.0 Å². The van der Waals surface area contributed by atoms with E-state index in [-0.39, 0.29) is 22.3 Å². The van der Waals surface area contributed by atoms with Crippen LogP contribution in [0.15, 0.2) is 29.2 Å². The number of primary sulfonamides is 1. The normalized spacial score (nSPS) is 22.3. The lowest BCUT2D eigenvalue weighted by molar-refractivity contribution is 0.594. The van der Waals surface area contributed by atoms with Crippen LogP contribution in [0.2, 0.25) is 0 Å². The maximum Gasteiger partial charge on any atom is 0.238 e. The van der Waals surface area contributed by atoms with E-state index in [1.807, 2.05) is 0 Å². The third-order valence-corrected chi connectivity index (χ3v) is 5.87. The fourth-order valence-corrected chi connectivity index (χ4v) is 4.43. The summed E-state index contributed by atoms with van der Waals surface area (Å²) in [7, 11) is -6.53. The first-order valence-electron chi connectivity index (χ1n) is 5.83. The Hall–Kier alpha value is -1.12. The van der Waals surface area contributed by atoms with Gasteiger partial charge in [-0.05, 0) is 36.6 Å². The molecule has 8 heteroatoms. The summed E-state index contributed by atoms with van der Waals surface area (Å²) in [4.78, 5) is 0.0569. The van der Waals surface area contributed by atoms with E-state index in [1.165, 1.54) is 12.1 Å². The lowest BCUT2D eigenvalue weighted by Crippen LogP contribution is -2.16. The van der Waals surface area contributed by atoms with Gasteiger partial charge in [-0.15, -0.1) is 0 Å². The van der Waals surface area contributed by atoms with Crippen LogP contribution in [0.3, 0.4) is 0 Å². The first-order chi connectivity index (χ1) is 8.76. The van der Waals surface area contributed by atoms with E-state index in [9.17, 15) is 16.8 Å². The van der Waals surface area contributed by atoms with Gasteiger partial charge in [0, 0.05) is 12.2 Å². The maximum absolute atomic E-state index is 11.3. The van der Waals surface area contributed by atoms with E-state index >= 15 is 0 Å². The van der Waals surface area contributed by atoms with Gasteiger partial charge in [-0.25, -0.2) is 22.0 Å². The Morgan fingerprint density at radius 3 is 2.37 bits per heavy atom.